The fraction of sp³-hybridized carbons (Fsp3) is 0. The molecule has 2 aromatic carbocycles. The number of primary amides is 1. The largest absolute Gasteiger partial charge is 0.398 e. The fourth-order valence-electron chi connectivity index (χ4n) is 1.66. The van der Waals surface area contributed by atoms with Crippen LogP contribution in [0.25, 0.3) is 11.1 Å². The topological polar surface area (TPSA) is 69.1 Å². The van der Waals surface area contributed by atoms with Crippen LogP contribution in [0.15, 0.2) is 42.5 Å². The third-order valence-corrected chi connectivity index (χ3v) is 2.78. The van der Waals surface area contributed by atoms with Crippen molar-refractivity contribution in [1.82, 2.24) is 0 Å². The maximum atomic E-state index is 11.2. The van der Waals surface area contributed by atoms with E-state index in [2.05, 4.69) is 0 Å². The molecule has 1 amide bonds. The van der Waals surface area contributed by atoms with Crippen molar-refractivity contribution in [2.45, 2.75) is 0 Å². The van der Waals surface area contributed by atoms with Crippen LogP contribution < -0.4 is 11.5 Å². The summed E-state index contributed by atoms with van der Waals surface area (Å²) in [7, 11) is 0. The Kier molecular flexibility index (Phi) is 3.02. The highest BCUT2D eigenvalue weighted by Crippen LogP contribution is 2.29. The minimum absolute atomic E-state index is 0.331. The first-order valence-corrected chi connectivity index (χ1v) is 5.41. The maximum absolute atomic E-state index is 11.2. The molecule has 2 rings (SSSR count). The molecule has 0 heterocycles. The first kappa shape index (κ1) is 11.5. The van der Waals surface area contributed by atoms with Gasteiger partial charge in [0, 0.05) is 10.6 Å². The Labute approximate surface area is 104 Å². The van der Waals surface area contributed by atoms with Crippen LogP contribution >= 0.6 is 11.6 Å². The van der Waals surface area contributed by atoms with Gasteiger partial charge in [-0.2, -0.15) is 0 Å². The summed E-state index contributed by atoms with van der Waals surface area (Å²) >= 11 is 5.82. The Bertz CT molecular complexity index is 564. The van der Waals surface area contributed by atoms with Gasteiger partial charge in [-0.3, -0.25) is 4.79 Å². The molecule has 0 aliphatic heterocycles. The van der Waals surface area contributed by atoms with Crippen LogP contribution in [0.4, 0.5) is 5.69 Å². The van der Waals surface area contributed by atoms with Crippen LogP contribution in [0.1, 0.15) is 10.4 Å². The second kappa shape index (κ2) is 4.47. The molecule has 0 unspecified atom stereocenters. The molecule has 0 aromatic heterocycles. The van der Waals surface area contributed by atoms with E-state index in [1.54, 1.807) is 24.3 Å². The SMILES string of the molecule is NC(=O)c1cccc(-c2ccc(Cl)cc2)c1N. The zero-order valence-corrected chi connectivity index (χ0v) is 9.74. The Balaban J connectivity index is 2.56. The number of anilines is 1. The molecule has 4 N–H and O–H groups in total. The number of halogens is 1. The predicted octanol–water partition coefficient (Wildman–Crippen LogP) is 2.69. The van der Waals surface area contributed by atoms with Crippen LogP contribution in [-0.2, 0) is 0 Å². The zero-order chi connectivity index (χ0) is 12.4. The van der Waals surface area contributed by atoms with Gasteiger partial charge in [-0.05, 0) is 23.8 Å². The molecule has 0 aliphatic rings. The summed E-state index contributed by atoms with van der Waals surface area (Å²) in [5.74, 6) is -0.529. The van der Waals surface area contributed by atoms with Crippen molar-refractivity contribution in [1.29, 1.82) is 0 Å². The summed E-state index contributed by atoms with van der Waals surface area (Å²) in [6.45, 7) is 0. The molecular formula is C13H11ClN2O. The predicted molar refractivity (Wildman–Crippen MR) is 69.8 cm³/mol. The van der Waals surface area contributed by atoms with Gasteiger partial charge in [0.1, 0.15) is 0 Å². The molecular weight excluding hydrogens is 236 g/mol. The van der Waals surface area contributed by atoms with E-state index in [4.69, 9.17) is 23.1 Å². The number of hydrogen-bond acceptors (Lipinski definition) is 2. The lowest BCUT2D eigenvalue weighted by Crippen LogP contribution is -2.13. The first-order chi connectivity index (χ1) is 8.09. The number of carbonyl (C=O) groups is 1. The molecule has 2 aromatic rings. The number of amides is 1. The Hall–Kier alpha value is -2.00. The summed E-state index contributed by atoms with van der Waals surface area (Å²) in [4.78, 5) is 11.2. The second-order valence-corrected chi connectivity index (χ2v) is 4.07. The van der Waals surface area contributed by atoms with Gasteiger partial charge < -0.3 is 11.5 Å². The van der Waals surface area contributed by atoms with E-state index in [1.807, 2.05) is 18.2 Å². The lowest BCUT2D eigenvalue weighted by molar-refractivity contribution is 0.100. The Morgan fingerprint density at radius 1 is 1.06 bits per heavy atom. The molecule has 0 radical (unpaired) electrons. The summed E-state index contributed by atoms with van der Waals surface area (Å²) < 4.78 is 0. The van der Waals surface area contributed by atoms with Crippen molar-refractivity contribution < 1.29 is 4.79 Å². The lowest BCUT2D eigenvalue weighted by atomic mass is 10.0. The van der Waals surface area contributed by atoms with Gasteiger partial charge in [0.2, 0.25) is 0 Å². The molecule has 0 atom stereocenters. The molecule has 17 heavy (non-hydrogen) atoms. The molecule has 0 spiro atoms. The Morgan fingerprint density at radius 3 is 2.29 bits per heavy atom. The maximum Gasteiger partial charge on any atom is 0.250 e. The molecule has 0 saturated heterocycles. The highest BCUT2D eigenvalue weighted by molar-refractivity contribution is 6.30. The van der Waals surface area contributed by atoms with Crippen molar-refractivity contribution >= 4 is 23.2 Å². The lowest BCUT2D eigenvalue weighted by Gasteiger charge is -2.09. The standard InChI is InChI=1S/C13H11ClN2O/c14-9-6-4-8(5-7-9)10-2-1-3-11(12(10)15)13(16)17/h1-7H,15H2,(H2,16,17). The van der Waals surface area contributed by atoms with Gasteiger partial charge in [-0.15, -0.1) is 0 Å². The van der Waals surface area contributed by atoms with E-state index >= 15 is 0 Å². The molecule has 0 fully saturated rings. The van der Waals surface area contributed by atoms with E-state index < -0.39 is 5.91 Å². The van der Waals surface area contributed by atoms with Gasteiger partial charge in [0.15, 0.2) is 0 Å². The van der Waals surface area contributed by atoms with E-state index in [1.165, 1.54) is 0 Å². The van der Waals surface area contributed by atoms with Crippen LogP contribution in [-0.4, -0.2) is 5.91 Å². The van der Waals surface area contributed by atoms with Crippen molar-refractivity contribution in [3.05, 3.63) is 53.1 Å². The van der Waals surface area contributed by atoms with E-state index in [9.17, 15) is 4.79 Å². The van der Waals surface area contributed by atoms with Crippen molar-refractivity contribution in [2.24, 2.45) is 5.73 Å². The normalized spacial score (nSPS) is 10.2. The van der Waals surface area contributed by atoms with Crippen LogP contribution in [0, 0.1) is 0 Å². The number of nitrogens with two attached hydrogens (primary N) is 2. The number of hydrogen-bond donors (Lipinski definition) is 2. The average molecular weight is 247 g/mol. The molecule has 0 aliphatic carbocycles. The number of benzene rings is 2. The number of para-hydroxylation sites is 1. The van der Waals surface area contributed by atoms with Crippen LogP contribution in [0.2, 0.25) is 5.02 Å². The summed E-state index contributed by atoms with van der Waals surface area (Å²) in [5.41, 5.74) is 13.6. The van der Waals surface area contributed by atoms with Gasteiger partial charge >= 0.3 is 0 Å². The number of carbonyl (C=O) groups excluding carboxylic acids is 1. The molecule has 86 valence electrons. The van der Waals surface area contributed by atoms with Gasteiger partial charge in [-0.1, -0.05) is 35.9 Å². The third kappa shape index (κ3) is 2.24. The zero-order valence-electron chi connectivity index (χ0n) is 8.98. The molecule has 0 bridgehead atoms. The summed E-state index contributed by atoms with van der Waals surface area (Å²) in [6, 6.07) is 12.4. The van der Waals surface area contributed by atoms with Crippen molar-refractivity contribution in [3.63, 3.8) is 0 Å². The molecule has 4 heteroatoms. The summed E-state index contributed by atoms with van der Waals surface area (Å²) in [6.07, 6.45) is 0. The van der Waals surface area contributed by atoms with Gasteiger partial charge in [0.05, 0.1) is 11.3 Å². The van der Waals surface area contributed by atoms with Gasteiger partial charge in [-0.25, -0.2) is 0 Å². The average Bonchev–Trinajstić information content (AvgIpc) is 2.30. The van der Waals surface area contributed by atoms with Gasteiger partial charge in [0.25, 0.3) is 5.91 Å². The van der Waals surface area contributed by atoms with Crippen LogP contribution in [0.5, 0.6) is 0 Å². The smallest absolute Gasteiger partial charge is 0.250 e. The number of rotatable bonds is 2. The van der Waals surface area contributed by atoms with E-state index in [0.29, 0.717) is 16.3 Å². The van der Waals surface area contributed by atoms with Crippen LogP contribution in [0.3, 0.4) is 0 Å². The van der Waals surface area contributed by atoms with Crippen molar-refractivity contribution in [3.8, 4) is 11.1 Å². The molecule has 3 nitrogen and oxygen atoms in total. The number of nitrogen functional groups attached to an aromatic ring is 1. The monoisotopic (exact) mass is 246 g/mol. The summed E-state index contributed by atoms with van der Waals surface area (Å²) in [5, 5.41) is 0.651. The minimum Gasteiger partial charge on any atom is -0.398 e. The van der Waals surface area contributed by atoms with E-state index in [0.717, 1.165) is 11.1 Å². The first-order valence-electron chi connectivity index (χ1n) is 5.04. The quantitative estimate of drug-likeness (QED) is 0.800. The second-order valence-electron chi connectivity index (χ2n) is 3.64. The fourth-order valence-corrected chi connectivity index (χ4v) is 1.79. The third-order valence-electron chi connectivity index (χ3n) is 2.53. The Morgan fingerprint density at radius 2 is 1.71 bits per heavy atom. The highest BCUT2D eigenvalue weighted by Gasteiger charge is 2.10. The van der Waals surface area contributed by atoms with Crippen molar-refractivity contribution in [2.75, 3.05) is 5.73 Å². The highest BCUT2D eigenvalue weighted by atomic mass is 35.5. The van der Waals surface area contributed by atoms with E-state index in [-0.39, 0.29) is 0 Å². The molecule has 0 saturated carbocycles. The minimum atomic E-state index is -0.529.